The monoisotopic (exact) mass is 345 g/mol. The minimum atomic E-state index is -1.31. The van der Waals surface area contributed by atoms with E-state index in [1.807, 2.05) is 66.7 Å². The maximum absolute atomic E-state index is 12.4. The molecule has 3 aromatic rings. The van der Waals surface area contributed by atoms with Gasteiger partial charge in [-0.3, -0.25) is 4.79 Å². The molecule has 1 amide bonds. The van der Waals surface area contributed by atoms with Crippen molar-refractivity contribution in [2.75, 3.05) is 0 Å². The number of carbonyl (C=O) groups excluding carboxylic acids is 2. The smallest absolute Gasteiger partial charge is 0.408 e. The van der Waals surface area contributed by atoms with Gasteiger partial charge in [-0.05, 0) is 16.7 Å². The molecule has 0 spiro atoms. The third-order valence-corrected chi connectivity index (χ3v) is 4.15. The molecule has 0 fully saturated rings. The quantitative estimate of drug-likeness (QED) is 0.686. The number of rotatable bonds is 6. The van der Waals surface area contributed by atoms with Crippen LogP contribution in [0, 0.1) is 0 Å². The van der Waals surface area contributed by atoms with E-state index in [4.69, 9.17) is 4.74 Å². The van der Waals surface area contributed by atoms with Gasteiger partial charge in [0.05, 0.1) is 0 Å². The molecule has 0 aromatic heterocycles. The van der Waals surface area contributed by atoms with Crippen LogP contribution in [0.25, 0.3) is 0 Å². The second kappa shape index (κ2) is 8.12. The van der Waals surface area contributed by atoms with Crippen LogP contribution < -0.4 is 5.32 Å². The van der Waals surface area contributed by atoms with E-state index < -0.39 is 11.6 Å². The Bertz CT molecular complexity index is 809. The van der Waals surface area contributed by atoms with E-state index >= 15 is 0 Å². The Hall–Kier alpha value is -3.40. The summed E-state index contributed by atoms with van der Waals surface area (Å²) in [5.41, 5.74) is 0.894. The van der Waals surface area contributed by atoms with Gasteiger partial charge in [0, 0.05) is 0 Å². The number of ether oxygens (including phenoxy) is 1. The molecule has 0 aliphatic heterocycles. The van der Waals surface area contributed by atoms with Crippen molar-refractivity contribution < 1.29 is 14.3 Å². The van der Waals surface area contributed by atoms with Crippen molar-refractivity contribution >= 4 is 12.4 Å². The number of carbonyl (C=O) groups is 2. The molecule has 1 N–H and O–H groups in total. The lowest BCUT2D eigenvalue weighted by molar-refractivity contribution is -0.112. The molecule has 4 nitrogen and oxygen atoms in total. The van der Waals surface area contributed by atoms with E-state index in [2.05, 4.69) is 5.32 Å². The number of hydrogen-bond acceptors (Lipinski definition) is 3. The van der Waals surface area contributed by atoms with Crippen molar-refractivity contribution in [1.29, 1.82) is 0 Å². The molecule has 0 aliphatic rings. The zero-order chi connectivity index (χ0) is 18.2. The summed E-state index contributed by atoms with van der Waals surface area (Å²) in [7, 11) is 0. The van der Waals surface area contributed by atoms with Gasteiger partial charge < -0.3 is 10.1 Å². The van der Waals surface area contributed by atoms with E-state index in [0.717, 1.165) is 11.8 Å². The topological polar surface area (TPSA) is 55.4 Å². The highest BCUT2D eigenvalue weighted by Gasteiger charge is 2.36. The fraction of sp³-hybridized carbons (Fsp3) is 0.0909. The molecular weight excluding hydrogens is 326 g/mol. The van der Waals surface area contributed by atoms with Crippen LogP contribution in [0.4, 0.5) is 4.79 Å². The van der Waals surface area contributed by atoms with Gasteiger partial charge in [0.25, 0.3) is 0 Å². The summed E-state index contributed by atoms with van der Waals surface area (Å²) in [6.45, 7) is 0.130. The van der Waals surface area contributed by atoms with Gasteiger partial charge in [0.15, 0.2) is 6.29 Å². The van der Waals surface area contributed by atoms with Crippen molar-refractivity contribution in [3.05, 3.63) is 108 Å². The Labute approximate surface area is 152 Å². The molecule has 26 heavy (non-hydrogen) atoms. The Morgan fingerprint density at radius 2 is 1.27 bits per heavy atom. The lowest BCUT2D eigenvalue weighted by atomic mass is 9.84. The summed E-state index contributed by atoms with van der Waals surface area (Å²) in [5, 5.41) is 2.75. The summed E-state index contributed by atoms with van der Waals surface area (Å²) >= 11 is 0. The first-order chi connectivity index (χ1) is 12.7. The number of amides is 1. The Morgan fingerprint density at radius 3 is 1.73 bits per heavy atom. The highest BCUT2D eigenvalue weighted by molar-refractivity contribution is 5.82. The van der Waals surface area contributed by atoms with Gasteiger partial charge >= 0.3 is 6.09 Å². The fourth-order valence-corrected chi connectivity index (χ4v) is 2.80. The molecule has 0 atom stereocenters. The number of nitrogens with one attached hydrogen (secondary N) is 1. The summed E-state index contributed by atoms with van der Waals surface area (Å²) < 4.78 is 5.32. The van der Waals surface area contributed by atoms with Crippen LogP contribution in [0.1, 0.15) is 16.7 Å². The van der Waals surface area contributed by atoms with Crippen molar-refractivity contribution in [1.82, 2.24) is 5.32 Å². The van der Waals surface area contributed by atoms with Crippen LogP contribution >= 0.6 is 0 Å². The largest absolute Gasteiger partial charge is 0.445 e. The number of benzene rings is 3. The van der Waals surface area contributed by atoms with E-state index in [1.165, 1.54) is 0 Å². The zero-order valence-electron chi connectivity index (χ0n) is 14.2. The maximum Gasteiger partial charge on any atom is 0.408 e. The first-order valence-electron chi connectivity index (χ1n) is 8.31. The Morgan fingerprint density at radius 1 is 0.808 bits per heavy atom. The molecule has 0 saturated heterocycles. The van der Waals surface area contributed by atoms with E-state index in [0.29, 0.717) is 11.1 Å². The molecule has 0 saturated carbocycles. The molecule has 0 aliphatic carbocycles. The average Bonchev–Trinajstić information content (AvgIpc) is 2.72. The lowest BCUT2D eigenvalue weighted by Gasteiger charge is -2.30. The van der Waals surface area contributed by atoms with Crippen molar-refractivity contribution in [3.8, 4) is 0 Å². The second-order valence-electron chi connectivity index (χ2n) is 5.84. The van der Waals surface area contributed by atoms with Crippen LogP contribution in [0.15, 0.2) is 91.0 Å². The van der Waals surface area contributed by atoms with Gasteiger partial charge in [-0.2, -0.15) is 0 Å². The van der Waals surface area contributed by atoms with Crippen molar-refractivity contribution in [2.24, 2.45) is 0 Å². The zero-order valence-corrected chi connectivity index (χ0v) is 14.2. The fourth-order valence-electron chi connectivity index (χ4n) is 2.80. The van der Waals surface area contributed by atoms with Crippen molar-refractivity contribution in [3.63, 3.8) is 0 Å². The van der Waals surface area contributed by atoms with E-state index in [-0.39, 0.29) is 6.61 Å². The normalized spacial score (nSPS) is 10.8. The van der Waals surface area contributed by atoms with E-state index in [1.54, 1.807) is 24.3 Å². The SMILES string of the molecule is O=CC(NC(=O)OCc1ccccc1)(c1ccccc1)c1ccccc1. The lowest BCUT2D eigenvalue weighted by Crippen LogP contribution is -2.48. The second-order valence-corrected chi connectivity index (χ2v) is 5.84. The van der Waals surface area contributed by atoms with Crippen LogP contribution in [-0.4, -0.2) is 12.4 Å². The van der Waals surface area contributed by atoms with Gasteiger partial charge in [-0.25, -0.2) is 4.79 Å². The molecule has 3 aromatic carbocycles. The van der Waals surface area contributed by atoms with Crippen LogP contribution in [0.2, 0.25) is 0 Å². The van der Waals surface area contributed by atoms with Gasteiger partial charge in [-0.15, -0.1) is 0 Å². The maximum atomic E-state index is 12.4. The molecular formula is C22H19NO3. The van der Waals surface area contributed by atoms with Gasteiger partial charge in [-0.1, -0.05) is 91.0 Å². The molecule has 130 valence electrons. The number of hydrogen-bond donors (Lipinski definition) is 1. The third kappa shape index (κ3) is 3.81. The van der Waals surface area contributed by atoms with Crippen LogP contribution in [0.5, 0.6) is 0 Å². The van der Waals surface area contributed by atoms with Crippen molar-refractivity contribution in [2.45, 2.75) is 12.1 Å². The Balaban J connectivity index is 1.86. The predicted molar refractivity (Wildman–Crippen MR) is 99.5 cm³/mol. The molecule has 4 heteroatoms. The van der Waals surface area contributed by atoms with Gasteiger partial charge in [0.2, 0.25) is 0 Å². The molecule has 3 rings (SSSR count). The average molecular weight is 345 g/mol. The van der Waals surface area contributed by atoms with Gasteiger partial charge in [0.1, 0.15) is 12.1 Å². The molecule has 0 heterocycles. The summed E-state index contributed by atoms with van der Waals surface area (Å²) in [6, 6.07) is 27.6. The number of alkyl carbamates (subject to hydrolysis) is 1. The molecule has 0 bridgehead atoms. The summed E-state index contributed by atoms with van der Waals surface area (Å²) in [6.07, 6.45) is 0.0789. The van der Waals surface area contributed by atoms with Crippen LogP contribution in [-0.2, 0) is 21.7 Å². The number of aldehydes is 1. The minimum Gasteiger partial charge on any atom is -0.445 e. The highest BCUT2D eigenvalue weighted by atomic mass is 16.5. The van der Waals surface area contributed by atoms with Crippen LogP contribution in [0.3, 0.4) is 0 Å². The predicted octanol–water partition coefficient (Wildman–Crippen LogP) is 4.06. The highest BCUT2D eigenvalue weighted by Crippen LogP contribution is 2.28. The first kappa shape index (κ1) is 17.4. The Kier molecular flexibility index (Phi) is 5.44. The third-order valence-electron chi connectivity index (χ3n) is 4.15. The summed E-state index contributed by atoms with van der Waals surface area (Å²) in [5.74, 6) is 0. The first-order valence-corrected chi connectivity index (χ1v) is 8.31. The molecule has 0 unspecified atom stereocenters. The molecule has 0 radical (unpaired) electrons. The summed E-state index contributed by atoms with van der Waals surface area (Å²) in [4.78, 5) is 24.6. The van der Waals surface area contributed by atoms with E-state index in [9.17, 15) is 9.59 Å². The minimum absolute atomic E-state index is 0.130. The standard InChI is InChI=1S/C22H19NO3/c24-17-22(19-12-6-2-7-13-19,20-14-8-3-9-15-20)23-21(25)26-16-18-10-4-1-5-11-18/h1-15,17H,16H2,(H,23,25).